The highest BCUT2D eigenvalue weighted by Crippen LogP contribution is 2.09. The van der Waals surface area contributed by atoms with Crippen LogP contribution in [0.2, 0.25) is 0 Å². The zero-order valence-corrected chi connectivity index (χ0v) is 10.7. The second-order valence-electron chi connectivity index (χ2n) is 4.73. The molecule has 1 aromatic carbocycles. The molecule has 98 valence electrons. The number of hydrogen-bond donors (Lipinski definition) is 1. The first-order chi connectivity index (χ1) is 8.29. The summed E-state index contributed by atoms with van der Waals surface area (Å²) in [6.45, 7) is 5.11. The molecule has 0 aliphatic carbocycles. The molecular weight excluding hydrogens is 234 g/mol. The molecule has 5 nitrogen and oxygen atoms in total. The summed E-state index contributed by atoms with van der Waals surface area (Å²) in [4.78, 5) is 23.1. The van der Waals surface area contributed by atoms with E-state index in [1.165, 1.54) is 0 Å². The van der Waals surface area contributed by atoms with Crippen molar-refractivity contribution in [3.8, 4) is 0 Å². The van der Waals surface area contributed by atoms with Gasteiger partial charge in [0.2, 0.25) is 6.23 Å². The average Bonchev–Trinajstić information content (AvgIpc) is 2.27. The number of ether oxygens (including phenoxy) is 2. The molecule has 0 aliphatic rings. The second kappa shape index (κ2) is 5.64. The van der Waals surface area contributed by atoms with Gasteiger partial charge in [-0.1, -0.05) is 18.2 Å². The number of rotatable bonds is 3. The van der Waals surface area contributed by atoms with Crippen LogP contribution in [0.15, 0.2) is 30.3 Å². The summed E-state index contributed by atoms with van der Waals surface area (Å²) in [5.74, 6) is -1.43. The lowest BCUT2D eigenvalue weighted by atomic mass is 10.2. The molecule has 0 radical (unpaired) electrons. The van der Waals surface area contributed by atoms with Gasteiger partial charge in [0, 0.05) is 0 Å². The Labute approximate surface area is 106 Å². The third kappa shape index (κ3) is 4.55. The van der Waals surface area contributed by atoms with Gasteiger partial charge in [0.15, 0.2) is 0 Å². The molecule has 0 saturated carbocycles. The normalized spacial score (nSPS) is 12.7. The summed E-state index contributed by atoms with van der Waals surface area (Å²) in [6, 6.07) is 8.30. The summed E-state index contributed by atoms with van der Waals surface area (Å²) >= 11 is 0. The Morgan fingerprint density at radius 2 is 1.72 bits per heavy atom. The van der Waals surface area contributed by atoms with Crippen LogP contribution in [0.25, 0.3) is 0 Å². The van der Waals surface area contributed by atoms with Crippen molar-refractivity contribution in [3.05, 3.63) is 35.9 Å². The van der Waals surface area contributed by atoms with Crippen molar-refractivity contribution in [3.63, 3.8) is 0 Å². The SMILES string of the molecule is CC(C)(C)OC(=O)C(N)OC(=O)c1ccccc1. The molecule has 1 unspecified atom stereocenters. The van der Waals surface area contributed by atoms with Crippen LogP contribution in [-0.4, -0.2) is 23.8 Å². The molecule has 0 amide bonds. The van der Waals surface area contributed by atoms with Crippen molar-refractivity contribution >= 4 is 11.9 Å². The van der Waals surface area contributed by atoms with Crippen LogP contribution in [-0.2, 0) is 14.3 Å². The monoisotopic (exact) mass is 251 g/mol. The fraction of sp³-hybridized carbons (Fsp3) is 0.385. The Hall–Kier alpha value is -1.88. The van der Waals surface area contributed by atoms with E-state index >= 15 is 0 Å². The minimum absolute atomic E-state index is 0.330. The highest BCUT2D eigenvalue weighted by molar-refractivity contribution is 5.91. The Morgan fingerprint density at radius 1 is 1.17 bits per heavy atom. The number of esters is 2. The molecule has 0 spiro atoms. The van der Waals surface area contributed by atoms with Crippen molar-refractivity contribution in [1.82, 2.24) is 0 Å². The third-order valence-corrected chi connectivity index (χ3v) is 1.88. The van der Waals surface area contributed by atoms with Gasteiger partial charge in [0.05, 0.1) is 5.56 Å². The summed E-state index contributed by atoms with van der Waals surface area (Å²) in [6.07, 6.45) is -1.42. The molecule has 0 saturated heterocycles. The van der Waals surface area contributed by atoms with Gasteiger partial charge in [-0.3, -0.25) is 5.73 Å². The molecule has 0 heterocycles. The fourth-order valence-electron chi connectivity index (χ4n) is 1.17. The van der Waals surface area contributed by atoms with Crippen LogP contribution in [0.4, 0.5) is 0 Å². The first-order valence-corrected chi connectivity index (χ1v) is 5.54. The number of nitrogens with two attached hydrogens (primary N) is 1. The van der Waals surface area contributed by atoms with E-state index in [1.807, 2.05) is 0 Å². The van der Waals surface area contributed by atoms with Gasteiger partial charge in [-0.2, -0.15) is 0 Å². The van der Waals surface area contributed by atoms with Gasteiger partial charge in [-0.05, 0) is 32.9 Å². The molecule has 0 aliphatic heterocycles. The molecule has 1 atom stereocenters. The number of hydrogen-bond acceptors (Lipinski definition) is 5. The van der Waals surface area contributed by atoms with E-state index < -0.39 is 23.8 Å². The molecule has 0 fully saturated rings. The number of carbonyl (C=O) groups excluding carboxylic acids is 2. The molecule has 0 bridgehead atoms. The van der Waals surface area contributed by atoms with Crippen molar-refractivity contribution in [1.29, 1.82) is 0 Å². The maximum Gasteiger partial charge on any atom is 0.363 e. The Kier molecular flexibility index (Phi) is 4.44. The van der Waals surface area contributed by atoms with Crippen LogP contribution in [0.3, 0.4) is 0 Å². The van der Waals surface area contributed by atoms with E-state index in [2.05, 4.69) is 0 Å². The summed E-state index contributed by atoms with van der Waals surface area (Å²) in [7, 11) is 0. The lowest BCUT2D eigenvalue weighted by Gasteiger charge is -2.21. The van der Waals surface area contributed by atoms with E-state index in [0.717, 1.165) is 0 Å². The Bertz CT molecular complexity index is 422. The molecule has 5 heteroatoms. The first-order valence-electron chi connectivity index (χ1n) is 5.54. The van der Waals surface area contributed by atoms with Crippen LogP contribution in [0.1, 0.15) is 31.1 Å². The van der Waals surface area contributed by atoms with Gasteiger partial charge in [-0.25, -0.2) is 9.59 Å². The zero-order chi connectivity index (χ0) is 13.8. The maximum absolute atomic E-state index is 11.6. The average molecular weight is 251 g/mol. The Balaban J connectivity index is 2.58. The van der Waals surface area contributed by atoms with Gasteiger partial charge in [0.1, 0.15) is 5.60 Å². The second-order valence-corrected chi connectivity index (χ2v) is 4.73. The standard InChI is InChI=1S/C13H17NO4/c1-13(2,3)18-12(16)10(14)17-11(15)9-7-5-4-6-8-9/h4-8,10H,14H2,1-3H3. The summed E-state index contributed by atoms with van der Waals surface area (Å²) in [5.41, 5.74) is 5.10. The summed E-state index contributed by atoms with van der Waals surface area (Å²) < 4.78 is 9.80. The van der Waals surface area contributed by atoms with E-state index in [4.69, 9.17) is 15.2 Å². The van der Waals surface area contributed by atoms with E-state index in [9.17, 15) is 9.59 Å². The topological polar surface area (TPSA) is 78.6 Å². The quantitative estimate of drug-likeness (QED) is 0.650. The van der Waals surface area contributed by atoms with E-state index in [-0.39, 0.29) is 0 Å². The van der Waals surface area contributed by atoms with E-state index in [0.29, 0.717) is 5.56 Å². The number of benzene rings is 1. The largest absolute Gasteiger partial charge is 0.456 e. The lowest BCUT2D eigenvalue weighted by molar-refractivity contribution is -0.165. The molecule has 1 aromatic rings. The first kappa shape index (κ1) is 14.2. The van der Waals surface area contributed by atoms with E-state index in [1.54, 1.807) is 51.1 Å². The van der Waals surface area contributed by atoms with Gasteiger partial charge in [0.25, 0.3) is 0 Å². The van der Waals surface area contributed by atoms with Crippen LogP contribution >= 0.6 is 0 Å². The molecular formula is C13H17NO4. The van der Waals surface area contributed by atoms with Crippen molar-refractivity contribution in [2.45, 2.75) is 32.6 Å². The fourth-order valence-corrected chi connectivity index (χ4v) is 1.17. The predicted molar refractivity (Wildman–Crippen MR) is 65.7 cm³/mol. The third-order valence-electron chi connectivity index (χ3n) is 1.88. The smallest absolute Gasteiger partial charge is 0.363 e. The van der Waals surface area contributed by atoms with Gasteiger partial charge in [-0.15, -0.1) is 0 Å². The van der Waals surface area contributed by atoms with Crippen LogP contribution < -0.4 is 5.73 Å². The zero-order valence-electron chi connectivity index (χ0n) is 10.7. The number of carbonyl (C=O) groups is 2. The minimum atomic E-state index is -1.42. The van der Waals surface area contributed by atoms with Crippen LogP contribution in [0.5, 0.6) is 0 Å². The van der Waals surface area contributed by atoms with Gasteiger partial charge < -0.3 is 9.47 Å². The van der Waals surface area contributed by atoms with Crippen LogP contribution in [0, 0.1) is 0 Å². The molecule has 0 aromatic heterocycles. The van der Waals surface area contributed by atoms with Crippen molar-refractivity contribution in [2.75, 3.05) is 0 Å². The Morgan fingerprint density at radius 3 is 2.22 bits per heavy atom. The highest BCUT2D eigenvalue weighted by atomic mass is 16.6. The molecule has 18 heavy (non-hydrogen) atoms. The lowest BCUT2D eigenvalue weighted by Crippen LogP contribution is -2.40. The highest BCUT2D eigenvalue weighted by Gasteiger charge is 2.25. The van der Waals surface area contributed by atoms with Crippen molar-refractivity contribution < 1.29 is 19.1 Å². The summed E-state index contributed by atoms with van der Waals surface area (Å²) in [5, 5.41) is 0. The predicted octanol–water partition coefficient (Wildman–Crippen LogP) is 1.47. The molecule has 1 rings (SSSR count). The van der Waals surface area contributed by atoms with Crippen molar-refractivity contribution in [2.24, 2.45) is 5.73 Å². The maximum atomic E-state index is 11.6. The van der Waals surface area contributed by atoms with Gasteiger partial charge >= 0.3 is 11.9 Å². The minimum Gasteiger partial charge on any atom is -0.456 e. The molecule has 2 N–H and O–H groups in total.